The second kappa shape index (κ2) is 6.96. The van der Waals surface area contributed by atoms with Crippen LogP contribution in [0.2, 0.25) is 0 Å². The molecular weight excluding hydrogens is 328 g/mol. The smallest absolute Gasteiger partial charge is 0.257 e. The molecule has 0 saturated heterocycles. The summed E-state index contributed by atoms with van der Waals surface area (Å²) in [6.45, 7) is 0.581. The molecule has 1 aliphatic heterocycles. The van der Waals surface area contributed by atoms with Crippen molar-refractivity contribution in [3.63, 3.8) is 0 Å². The second-order valence-electron chi connectivity index (χ2n) is 6.20. The molecule has 5 nitrogen and oxygen atoms in total. The highest BCUT2D eigenvalue weighted by molar-refractivity contribution is 6.01. The number of furan rings is 1. The minimum absolute atomic E-state index is 0.00858. The van der Waals surface area contributed by atoms with Crippen LogP contribution in [0.4, 0.5) is 5.69 Å². The maximum atomic E-state index is 13.1. The lowest BCUT2D eigenvalue weighted by Gasteiger charge is -2.36. The summed E-state index contributed by atoms with van der Waals surface area (Å²) in [6, 6.07) is 19.2. The lowest BCUT2D eigenvalue weighted by molar-refractivity contribution is 0.0665. The van der Waals surface area contributed by atoms with Crippen molar-refractivity contribution in [2.45, 2.75) is 12.6 Å². The quantitative estimate of drug-likeness (QED) is 0.754. The molecule has 4 rings (SSSR count). The predicted octanol–water partition coefficient (Wildman–Crippen LogP) is 4.10. The van der Waals surface area contributed by atoms with E-state index in [4.69, 9.17) is 9.15 Å². The van der Waals surface area contributed by atoms with Crippen LogP contribution in [-0.2, 0) is 6.42 Å². The number of nitrogens with zero attached hydrogens (tertiary/aromatic N) is 1. The lowest BCUT2D eigenvalue weighted by atomic mass is 10.0. The number of hydrogen-bond donors (Lipinski definition) is 1. The standard InChI is InChI=1S/C21H20N2O3/c1-25-16-10-8-15(9-11-16)12-13-23-20(19-7-4-14-26-19)22-18-6-3-2-5-17(18)21(23)24/h2-11,14,20,22H,12-13H2,1H3/t20-/m1/s1. The monoisotopic (exact) mass is 348 g/mol. The van der Waals surface area contributed by atoms with Gasteiger partial charge < -0.3 is 19.4 Å². The van der Waals surface area contributed by atoms with E-state index >= 15 is 0 Å². The van der Waals surface area contributed by atoms with Crippen LogP contribution >= 0.6 is 0 Å². The number of fused-ring (bicyclic) bond motifs is 1. The van der Waals surface area contributed by atoms with Crippen LogP contribution in [0.25, 0.3) is 0 Å². The molecule has 1 aliphatic rings. The number of hydrogen-bond acceptors (Lipinski definition) is 4. The molecule has 1 atom stereocenters. The minimum atomic E-state index is -0.314. The van der Waals surface area contributed by atoms with Gasteiger partial charge >= 0.3 is 0 Å². The van der Waals surface area contributed by atoms with Crippen LogP contribution in [0, 0.1) is 0 Å². The lowest BCUT2D eigenvalue weighted by Crippen LogP contribution is -2.43. The second-order valence-corrected chi connectivity index (χ2v) is 6.20. The zero-order chi connectivity index (χ0) is 17.9. The fourth-order valence-electron chi connectivity index (χ4n) is 3.24. The normalized spacial score (nSPS) is 16.1. The van der Waals surface area contributed by atoms with E-state index in [1.807, 2.05) is 65.6 Å². The Bertz CT molecular complexity index is 888. The molecule has 2 aromatic carbocycles. The average Bonchev–Trinajstić information content (AvgIpc) is 3.22. The first kappa shape index (κ1) is 16.3. The summed E-state index contributed by atoms with van der Waals surface area (Å²) >= 11 is 0. The Balaban J connectivity index is 1.59. The van der Waals surface area contributed by atoms with E-state index in [1.54, 1.807) is 13.4 Å². The van der Waals surface area contributed by atoms with Crippen molar-refractivity contribution in [3.8, 4) is 5.75 Å². The molecule has 1 N–H and O–H groups in total. The van der Waals surface area contributed by atoms with Gasteiger partial charge in [0, 0.05) is 12.2 Å². The summed E-state index contributed by atoms with van der Waals surface area (Å²) in [5.41, 5.74) is 2.67. The highest BCUT2D eigenvalue weighted by Gasteiger charge is 2.33. The van der Waals surface area contributed by atoms with Gasteiger partial charge in [0.1, 0.15) is 11.5 Å². The molecule has 26 heavy (non-hydrogen) atoms. The first-order valence-electron chi connectivity index (χ1n) is 8.59. The van der Waals surface area contributed by atoms with Crippen LogP contribution in [0.3, 0.4) is 0 Å². The van der Waals surface area contributed by atoms with E-state index in [0.717, 1.165) is 29.2 Å². The van der Waals surface area contributed by atoms with Crippen molar-refractivity contribution in [3.05, 3.63) is 83.8 Å². The third kappa shape index (κ3) is 3.04. The predicted molar refractivity (Wildman–Crippen MR) is 99.2 cm³/mol. The number of anilines is 1. The van der Waals surface area contributed by atoms with Crippen molar-refractivity contribution in [2.75, 3.05) is 19.0 Å². The summed E-state index contributed by atoms with van der Waals surface area (Å²) < 4.78 is 10.8. The van der Waals surface area contributed by atoms with E-state index in [1.165, 1.54) is 0 Å². The summed E-state index contributed by atoms with van der Waals surface area (Å²) in [4.78, 5) is 14.9. The van der Waals surface area contributed by atoms with Crippen molar-refractivity contribution in [2.24, 2.45) is 0 Å². The SMILES string of the molecule is COc1ccc(CCN2C(=O)c3ccccc3N[C@H]2c2ccco2)cc1. The van der Waals surface area contributed by atoms with Gasteiger partial charge in [-0.2, -0.15) is 0 Å². The molecule has 3 aromatic rings. The number of rotatable bonds is 5. The molecule has 5 heteroatoms. The first-order valence-corrected chi connectivity index (χ1v) is 8.59. The van der Waals surface area contributed by atoms with E-state index in [9.17, 15) is 4.79 Å². The number of methoxy groups -OCH3 is 1. The molecule has 0 radical (unpaired) electrons. The van der Waals surface area contributed by atoms with Gasteiger partial charge in [0.05, 0.1) is 18.9 Å². The Labute approximate surface area is 152 Å². The number of para-hydroxylation sites is 1. The molecule has 2 heterocycles. The number of carbonyl (C=O) groups is 1. The largest absolute Gasteiger partial charge is 0.497 e. The zero-order valence-corrected chi connectivity index (χ0v) is 14.5. The van der Waals surface area contributed by atoms with Crippen LogP contribution < -0.4 is 10.1 Å². The fourth-order valence-corrected chi connectivity index (χ4v) is 3.24. The Morgan fingerprint density at radius 1 is 1.08 bits per heavy atom. The average molecular weight is 348 g/mol. The molecular formula is C21H20N2O3. The van der Waals surface area contributed by atoms with E-state index in [-0.39, 0.29) is 12.1 Å². The summed E-state index contributed by atoms with van der Waals surface area (Å²) in [5, 5.41) is 3.43. The fraction of sp³-hybridized carbons (Fsp3) is 0.190. The molecule has 132 valence electrons. The topological polar surface area (TPSA) is 54.7 Å². The van der Waals surface area contributed by atoms with Crippen LogP contribution in [0.15, 0.2) is 71.3 Å². The number of ether oxygens (including phenoxy) is 1. The Morgan fingerprint density at radius 2 is 1.88 bits per heavy atom. The third-order valence-corrected chi connectivity index (χ3v) is 4.64. The Morgan fingerprint density at radius 3 is 2.62 bits per heavy atom. The maximum Gasteiger partial charge on any atom is 0.257 e. The van der Waals surface area contributed by atoms with Crippen LogP contribution in [-0.4, -0.2) is 24.5 Å². The minimum Gasteiger partial charge on any atom is -0.497 e. The first-order chi connectivity index (χ1) is 12.8. The van der Waals surface area contributed by atoms with Gasteiger partial charge in [-0.05, 0) is 48.4 Å². The molecule has 1 amide bonds. The van der Waals surface area contributed by atoms with Crippen molar-refractivity contribution < 1.29 is 13.9 Å². The van der Waals surface area contributed by atoms with Gasteiger partial charge in [-0.15, -0.1) is 0 Å². The van der Waals surface area contributed by atoms with E-state index < -0.39 is 0 Å². The summed E-state index contributed by atoms with van der Waals surface area (Å²) in [6.07, 6.45) is 2.06. The number of amides is 1. The summed E-state index contributed by atoms with van der Waals surface area (Å²) in [7, 11) is 1.65. The van der Waals surface area contributed by atoms with Gasteiger partial charge in [0.25, 0.3) is 5.91 Å². The van der Waals surface area contributed by atoms with Gasteiger partial charge in [-0.1, -0.05) is 24.3 Å². The molecule has 0 aliphatic carbocycles. The molecule has 0 unspecified atom stereocenters. The van der Waals surface area contributed by atoms with Crippen molar-refractivity contribution in [1.29, 1.82) is 0 Å². The van der Waals surface area contributed by atoms with Crippen molar-refractivity contribution in [1.82, 2.24) is 4.90 Å². The third-order valence-electron chi connectivity index (χ3n) is 4.64. The Kier molecular flexibility index (Phi) is 4.35. The van der Waals surface area contributed by atoms with Gasteiger partial charge in [-0.25, -0.2) is 0 Å². The highest BCUT2D eigenvalue weighted by Crippen LogP contribution is 2.33. The molecule has 0 saturated carbocycles. The highest BCUT2D eigenvalue weighted by atomic mass is 16.5. The van der Waals surface area contributed by atoms with E-state index in [2.05, 4.69) is 5.32 Å². The van der Waals surface area contributed by atoms with Crippen LogP contribution in [0.5, 0.6) is 5.75 Å². The van der Waals surface area contributed by atoms with Gasteiger partial charge in [0.15, 0.2) is 6.17 Å². The molecule has 0 fully saturated rings. The number of carbonyl (C=O) groups excluding carboxylic acids is 1. The zero-order valence-electron chi connectivity index (χ0n) is 14.5. The molecule has 0 bridgehead atoms. The Hall–Kier alpha value is -3.21. The van der Waals surface area contributed by atoms with Crippen LogP contribution in [0.1, 0.15) is 27.8 Å². The number of benzene rings is 2. The summed E-state index contributed by atoms with van der Waals surface area (Å²) in [5.74, 6) is 1.56. The van der Waals surface area contributed by atoms with E-state index in [0.29, 0.717) is 12.1 Å². The molecule has 0 spiro atoms. The van der Waals surface area contributed by atoms with Gasteiger partial charge in [-0.3, -0.25) is 4.79 Å². The van der Waals surface area contributed by atoms with Crippen molar-refractivity contribution >= 4 is 11.6 Å². The molecule has 1 aromatic heterocycles. The maximum absolute atomic E-state index is 13.1. The van der Waals surface area contributed by atoms with Gasteiger partial charge in [0.2, 0.25) is 0 Å². The number of nitrogens with one attached hydrogen (secondary N) is 1.